The third-order valence-electron chi connectivity index (χ3n) is 3.26. The van der Waals surface area contributed by atoms with Gasteiger partial charge in [0.2, 0.25) is 10.0 Å². The zero-order chi connectivity index (χ0) is 18.3. The first-order valence-corrected chi connectivity index (χ1v) is 9.68. The number of nitro benzene ring substituents is 1. The number of methoxy groups -OCH3 is 1. The van der Waals surface area contributed by atoms with Gasteiger partial charge in [-0.05, 0) is 12.1 Å². The first-order valence-electron chi connectivity index (χ1n) is 7.26. The van der Waals surface area contributed by atoms with E-state index in [2.05, 4.69) is 4.74 Å². The fourth-order valence-corrected chi connectivity index (χ4v) is 4.39. The Morgan fingerprint density at radius 1 is 1.33 bits per heavy atom. The second-order valence-corrected chi connectivity index (χ2v) is 7.73. The van der Waals surface area contributed by atoms with Gasteiger partial charge in [0.1, 0.15) is 0 Å². The van der Waals surface area contributed by atoms with Crippen molar-refractivity contribution in [3.63, 3.8) is 0 Å². The van der Waals surface area contributed by atoms with E-state index in [-0.39, 0.29) is 30.1 Å². The highest BCUT2D eigenvalue weighted by atomic mass is 32.2. The Balaban J connectivity index is 3.11. The van der Waals surface area contributed by atoms with Gasteiger partial charge in [-0.1, -0.05) is 13.8 Å². The first kappa shape index (κ1) is 20.4. The topological polar surface area (TPSA) is 107 Å². The lowest BCUT2D eigenvalue weighted by Crippen LogP contribution is -2.30. The highest BCUT2D eigenvalue weighted by Crippen LogP contribution is 2.32. The number of ether oxygens (including phenoxy) is 1. The van der Waals surface area contributed by atoms with Gasteiger partial charge in [0.25, 0.3) is 5.69 Å². The largest absolute Gasteiger partial charge is 0.469 e. The van der Waals surface area contributed by atoms with Crippen LogP contribution < -0.4 is 0 Å². The van der Waals surface area contributed by atoms with Gasteiger partial charge in [-0.3, -0.25) is 14.9 Å². The van der Waals surface area contributed by atoms with Gasteiger partial charge < -0.3 is 4.74 Å². The monoisotopic (exact) mass is 376 g/mol. The molecule has 10 heteroatoms. The van der Waals surface area contributed by atoms with E-state index < -0.39 is 20.9 Å². The van der Waals surface area contributed by atoms with Crippen LogP contribution in [-0.4, -0.2) is 49.6 Å². The summed E-state index contributed by atoms with van der Waals surface area (Å²) in [5.41, 5.74) is -0.293. The smallest absolute Gasteiger partial charge is 0.306 e. The number of carbonyl (C=O) groups is 1. The molecule has 0 saturated heterocycles. The molecule has 0 aromatic heterocycles. The summed E-state index contributed by atoms with van der Waals surface area (Å²) in [6.07, 6.45) is 0.109. The van der Waals surface area contributed by atoms with E-state index >= 15 is 0 Å². The molecule has 0 spiro atoms. The van der Waals surface area contributed by atoms with Gasteiger partial charge in [0, 0.05) is 24.9 Å². The summed E-state index contributed by atoms with van der Waals surface area (Å²) in [7, 11) is -2.50. The number of carbonyl (C=O) groups excluding carboxylic acids is 1. The third kappa shape index (κ3) is 4.92. The molecule has 0 bridgehead atoms. The van der Waals surface area contributed by atoms with Crippen LogP contribution in [0.25, 0.3) is 0 Å². The highest BCUT2D eigenvalue weighted by Gasteiger charge is 2.25. The summed E-state index contributed by atoms with van der Waals surface area (Å²) in [4.78, 5) is 21.9. The molecule has 8 nitrogen and oxygen atoms in total. The van der Waals surface area contributed by atoms with E-state index in [9.17, 15) is 23.3 Å². The summed E-state index contributed by atoms with van der Waals surface area (Å²) in [6.45, 7) is 3.96. The van der Waals surface area contributed by atoms with Crippen molar-refractivity contribution in [3.8, 4) is 0 Å². The SMILES string of the molecule is CCN(CC)S(=O)(=O)c1ccc(SCCC(=O)OC)c([N+](=O)[O-])c1. The minimum atomic E-state index is -3.77. The molecule has 1 aromatic carbocycles. The average Bonchev–Trinajstić information content (AvgIpc) is 2.55. The number of benzene rings is 1. The van der Waals surface area contributed by atoms with E-state index in [0.717, 1.165) is 17.8 Å². The van der Waals surface area contributed by atoms with Gasteiger partial charge in [0.15, 0.2) is 0 Å². The van der Waals surface area contributed by atoms with Gasteiger partial charge in [-0.15, -0.1) is 11.8 Å². The Labute approximate surface area is 145 Å². The molecule has 0 saturated carbocycles. The van der Waals surface area contributed by atoms with Crippen molar-refractivity contribution >= 4 is 33.4 Å². The molecule has 0 heterocycles. The maximum Gasteiger partial charge on any atom is 0.306 e. The van der Waals surface area contributed by atoms with Crippen LogP contribution in [-0.2, 0) is 19.6 Å². The van der Waals surface area contributed by atoms with Crippen LogP contribution in [0.15, 0.2) is 28.0 Å². The number of hydrogen-bond acceptors (Lipinski definition) is 7. The quantitative estimate of drug-likeness (QED) is 0.282. The maximum absolute atomic E-state index is 12.5. The summed E-state index contributed by atoms with van der Waals surface area (Å²) < 4.78 is 30.7. The molecule has 0 N–H and O–H groups in total. The van der Waals surface area contributed by atoms with E-state index in [4.69, 9.17) is 0 Å². The first-order chi connectivity index (χ1) is 11.3. The predicted octanol–water partition coefficient (Wildman–Crippen LogP) is 2.28. The molecule has 24 heavy (non-hydrogen) atoms. The number of nitro groups is 1. The molecule has 0 aliphatic carbocycles. The zero-order valence-corrected chi connectivity index (χ0v) is 15.4. The van der Waals surface area contributed by atoms with E-state index in [1.54, 1.807) is 13.8 Å². The third-order valence-corrected chi connectivity index (χ3v) is 6.37. The van der Waals surface area contributed by atoms with Gasteiger partial charge in [-0.2, -0.15) is 4.31 Å². The summed E-state index contributed by atoms with van der Waals surface area (Å²) in [6, 6.07) is 3.81. The van der Waals surface area contributed by atoms with Crippen LogP contribution >= 0.6 is 11.8 Å². The van der Waals surface area contributed by atoms with Crippen molar-refractivity contribution in [2.75, 3.05) is 26.0 Å². The standard InChI is InChI=1S/C14H20N2O6S2/c1-4-15(5-2)24(20,21)11-6-7-13(12(10-11)16(18)19)23-9-8-14(17)22-3/h6-7,10H,4-5,8-9H2,1-3H3. The van der Waals surface area contributed by atoms with E-state index in [1.807, 2.05) is 0 Å². The average molecular weight is 376 g/mol. The Hall–Kier alpha value is -1.65. The maximum atomic E-state index is 12.5. The number of thioether (sulfide) groups is 1. The van der Waals surface area contributed by atoms with Crippen LogP contribution in [0.4, 0.5) is 5.69 Å². The van der Waals surface area contributed by atoms with Gasteiger partial charge >= 0.3 is 5.97 Å². The minimum absolute atomic E-state index is 0.109. The van der Waals surface area contributed by atoms with Crippen LogP contribution in [0.5, 0.6) is 0 Å². The van der Waals surface area contributed by atoms with Crippen LogP contribution in [0.1, 0.15) is 20.3 Å². The fourth-order valence-electron chi connectivity index (χ4n) is 1.98. The lowest BCUT2D eigenvalue weighted by atomic mass is 10.3. The lowest BCUT2D eigenvalue weighted by Gasteiger charge is -2.18. The molecule has 0 fully saturated rings. The van der Waals surface area contributed by atoms with Crippen molar-refractivity contribution in [1.82, 2.24) is 4.31 Å². The normalized spacial score (nSPS) is 11.5. The molecular formula is C14H20N2O6S2. The molecule has 1 aromatic rings. The van der Waals surface area contributed by atoms with Crippen molar-refractivity contribution < 1.29 is 22.9 Å². The summed E-state index contributed by atoms with van der Waals surface area (Å²) in [5, 5.41) is 11.3. The van der Waals surface area contributed by atoms with Crippen LogP contribution in [0, 0.1) is 10.1 Å². The zero-order valence-electron chi connectivity index (χ0n) is 13.7. The molecule has 0 atom stereocenters. The molecule has 1 rings (SSSR count). The Bertz CT molecular complexity index is 701. The number of hydrogen-bond donors (Lipinski definition) is 0. The minimum Gasteiger partial charge on any atom is -0.469 e. The van der Waals surface area contributed by atoms with Gasteiger partial charge in [0.05, 0.1) is 28.2 Å². The second-order valence-electron chi connectivity index (χ2n) is 4.65. The van der Waals surface area contributed by atoms with Crippen molar-refractivity contribution in [1.29, 1.82) is 0 Å². The highest BCUT2D eigenvalue weighted by molar-refractivity contribution is 7.99. The molecule has 0 unspecified atom stereocenters. The Morgan fingerprint density at radius 3 is 2.46 bits per heavy atom. The van der Waals surface area contributed by atoms with Crippen LogP contribution in [0.2, 0.25) is 0 Å². The van der Waals surface area contributed by atoms with Crippen LogP contribution in [0.3, 0.4) is 0 Å². The van der Waals surface area contributed by atoms with Crippen molar-refractivity contribution in [2.24, 2.45) is 0 Å². The molecular weight excluding hydrogens is 356 g/mol. The molecule has 0 amide bonds. The van der Waals surface area contributed by atoms with E-state index in [1.165, 1.54) is 23.5 Å². The molecule has 0 aliphatic rings. The number of esters is 1. The van der Waals surface area contributed by atoms with E-state index in [0.29, 0.717) is 10.6 Å². The second kappa shape index (κ2) is 9.00. The van der Waals surface area contributed by atoms with Crippen molar-refractivity contribution in [3.05, 3.63) is 28.3 Å². The lowest BCUT2D eigenvalue weighted by molar-refractivity contribution is -0.388. The number of nitrogens with zero attached hydrogens (tertiary/aromatic N) is 2. The molecule has 134 valence electrons. The number of sulfonamides is 1. The molecule has 0 radical (unpaired) electrons. The predicted molar refractivity (Wildman–Crippen MR) is 90.6 cm³/mol. The Morgan fingerprint density at radius 2 is 1.96 bits per heavy atom. The van der Waals surface area contributed by atoms with Gasteiger partial charge in [-0.25, -0.2) is 8.42 Å². The fraction of sp³-hybridized carbons (Fsp3) is 0.500. The summed E-state index contributed by atoms with van der Waals surface area (Å²) >= 11 is 1.11. The summed E-state index contributed by atoms with van der Waals surface area (Å²) in [5.74, 6) is -0.110. The number of rotatable bonds is 9. The Kier molecular flexibility index (Phi) is 7.64. The molecule has 0 aliphatic heterocycles. The van der Waals surface area contributed by atoms with Crippen molar-refractivity contribution in [2.45, 2.75) is 30.1 Å².